The van der Waals surface area contributed by atoms with E-state index in [1.807, 2.05) is 27.4 Å². The standard InChI is InChI=1S/C19H19N7O/c1-27-13-4-5-16-19(8-13)26-18(9-17-14(10-20)21-12-25(16)17)15(22-23-26)11-24-6-2-3-7-24/h4-5,8,12H,2-3,6-7,9,11H2,1H3. The molecule has 4 heterocycles. The van der Waals surface area contributed by atoms with Crippen LogP contribution in [0, 0.1) is 11.3 Å². The number of nitrogens with zero attached hydrogens (tertiary/aromatic N) is 7. The molecule has 5 rings (SSSR count). The van der Waals surface area contributed by atoms with Crippen molar-refractivity contribution < 1.29 is 4.74 Å². The van der Waals surface area contributed by atoms with Crippen molar-refractivity contribution in [3.05, 3.63) is 47.3 Å². The van der Waals surface area contributed by atoms with E-state index in [4.69, 9.17) is 4.74 Å². The van der Waals surface area contributed by atoms with Gasteiger partial charge in [0.05, 0.1) is 29.9 Å². The third-order valence-corrected chi connectivity index (χ3v) is 5.39. The number of aromatic nitrogens is 5. The number of hydrogen-bond acceptors (Lipinski definition) is 6. The summed E-state index contributed by atoms with van der Waals surface area (Å²) in [5, 5.41) is 18.5. The SMILES string of the molecule is COc1ccc2c(c1)-n1nnc(CN3CCCC3)c1Cc1c(C#N)ncn1-2. The van der Waals surface area contributed by atoms with Crippen molar-refractivity contribution in [2.24, 2.45) is 0 Å². The van der Waals surface area contributed by atoms with Crippen LogP contribution in [0.15, 0.2) is 24.5 Å². The number of hydrogen-bond donors (Lipinski definition) is 0. The molecule has 3 aromatic rings. The molecule has 0 aliphatic carbocycles. The number of fused-ring (bicyclic) bond motifs is 5. The first-order valence-corrected chi connectivity index (χ1v) is 9.09. The van der Waals surface area contributed by atoms with E-state index < -0.39 is 0 Å². The van der Waals surface area contributed by atoms with Gasteiger partial charge in [-0.3, -0.25) is 9.47 Å². The maximum atomic E-state index is 9.51. The monoisotopic (exact) mass is 361 g/mol. The molecular weight excluding hydrogens is 342 g/mol. The van der Waals surface area contributed by atoms with E-state index in [0.717, 1.165) is 53.8 Å². The highest BCUT2D eigenvalue weighted by atomic mass is 16.5. The van der Waals surface area contributed by atoms with Gasteiger partial charge in [-0.25, -0.2) is 9.67 Å². The first-order valence-electron chi connectivity index (χ1n) is 9.09. The van der Waals surface area contributed by atoms with Crippen LogP contribution in [0.25, 0.3) is 11.4 Å². The van der Waals surface area contributed by atoms with Crippen LogP contribution in [0.4, 0.5) is 0 Å². The van der Waals surface area contributed by atoms with Crippen LogP contribution in [0.3, 0.4) is 0 Å². The highest BCUT2D eigenvalue weighted by Crippen LogP contribution is 2.32. The van der Waals surface area contributed by atoms with Crippen molar-refractivity contribution >= 4 is 0 Å². The Morgan fingerprint density at radius 1 is 1.19 bits per heavy atom. The van der Waals surface area contributed by atoms with Crippen LogP contribution >= 0.6 is 0 Å². The summed E-state index contributed by atoms with van der Waals surface area (Å²) in [6, 6.07) is 8.04. The minimum absolute atomic E-state index is 0.443. The fourth-order valence-electron chi connectivity index (χ4n) is 3.98. The molecule has 2 aromatic heterocycles. The molecule has 1 saturated heterocycles. The summed E-state index contributed by atoms with van der Waals surface area (Å²) in [5.74, 6) is 0.750. The lowest BCUT2D eigenvalue weighted by Gasteiger charge is -2.13. The second-order valence-electron chi connectivity index (χ2n) is 6.93. The van der Waals surface area contributed by atoms with Crippen molar-refractivity contribution in [3.63, 3.8) is 0 Å². The summed E-state index contributed by atoms with van der Waals surface area (Å²) in [6.07, 6.45) is 4.74. The predicted molar refractivity (Wildman–Crippen MR) is 97.1 cm³/mol. The molecule has 1 fully saturated rings. The largest absolute Gasteiger partial charge is 0.497 e. The van der Waals surface area contributed by atoms with Crippen LogP contribution in [-0.4, -0.2) is 49.6 Å². The van der Waals surface area contributed by atoms with Gasteiger partial charge in [-0.2, -0.15) is 5.26 Å². The van der Waals surface area contributed by atoms with Gasteiger partial charge in [0.25, 0.3) is 0 Å². The summed E-state index contributed by atoms with van der Waals surface area (Å²) in [7, 11) is 1.65. The molecule has 2 aliphatic rings. The topological polar surface area (TPSA) is 84.8 Å². The molecule has 0 radical (unpaired) electrons. The molecule has 0 atom stereocenters. The maximum Gasteiger partial charge on any atom is 0.162 e. The van der Waals surface area contributed by atoms with Crippen LogP contribution in [-0.2, 0) is 13.0 Å². The zero-order valence-electron chi connectivity index (χ0n) is 15.1. The number of rotatable bonds is 3. The normalized spacial score (nSPS) is 15.6. The Morgan fingerprint density at radius 2 is 2.04 bits per heavy atom. The van der Waals surface area contributed by atoms with E-state index in [1.54, 1.807) is 13.4 Å². The van der Waals surface area contributed by atoms with Gasteiger partial charge < -0.3 is 4.74 Å². The van der Waals surface area contributed by atoms with E-state index in [-0.39, 0.29) is 0 Å². The Hall–Kier alpha value is -3.18. The number of imidazole rings is 1. The zero-order chi connectivity index (χ0) is 18.4. The lowest BCUT2D eigenvalue weighted by Crippen LogP contribution is -2.20. The Balaban J connectivity index is 1.70. The number of ether oxygens (including phenoxy) is 1. The summed E-state index contributed by atoms with van der Waals surface area (Å²) in [4.78, 5) is 6.71. The van der Waals surface area contributed by atoms with Crippen molar-refractivity contribution in [3.8, 4) is 23.2 Å². The van der Waals surface area contributed by atoms with Crippen molar-refractivity contribution in [2.75, 3.05) is 20.2 Å². The van der Waals surface area contributed by atoms with Crippen molar-refractivity contribution in [1.29, 1.82) is 5.26 Å². The molecule has 0 unspecified atom stereocenters. The highest BCUT2D eigenvalue weighted by molar-refractivity contribution is 5.59. The van der Waals surface area contributed by atoms with Gasteiger partial charge in [0.1, 0.15) is 23.8 Å². The average molecular weight is 361 g/mol. The zero-order valence-corrected chi connectivity index (χ0v) is 15.1. The lowest BCUT2D eigenvalue weighted by atomic mass is 10.1. The smallest absolute Gasteiger partial charge is 0.162 e. The molecular formula is C19H19N7O. The highest BCUT2D eigenvalue weighted by Gasteiger charge is 2.27. The van der Waals surface area contributed by atoms with Crippen LogP contribution in [0.5, 0.6) is 5.75 Å². The van der Waals surface area contributed by atoms with Gasteiger partial charge in [0.15, 0.2) is 5.69 Å². The maximum absolute atomic E-state index is 9.51. The summed E-state index contributed by atoms with van der Waals surface area (Å²) in [6.45, 7) is 2.97. The Labute approximate surface area is 156 Å². The molecule has 0 bridgehead atoms. The molecule has 1 aromatic carbocycles. The van der Waals surface area contributed by atoms with Crippen LogP contribution in [0.1, 0.15) is 35.6 Å². The molecule has 8 heteroatoms. The summed E-state index contributed by atoms with van der Waals surface area (Å²) in [5.41, 5.74) is 5.07. The molecule has 136 valence electrons. The molecule has 0 amide bonds. The molecule has 0 saturated carbocycles. The second-order valence-corrected chi connectivity index (χ2v) is 6.93. The lowest BCUT2D eigenvalue weighted by molar-refractivity contribution is 0.326. The van der Waals surface area contributed by atoms with Gasteiger partial charge in [-0.1, -0.05) is 5.21 Å². The molecule has 0 spiro atoms. The van der Waals surface area contributed by atoms with Gasteiger partial charge in [-0.05, 0) is 38.1 Å². The third-order valence-electron chi connectivity index (χ3n) is 5.39. The van der Waals surface area contributed by atoms with Gasteiger partial charge in [-0.15, -0.1) is 5.10 Å². The Kier molecular flexibility index (Phi) is 3.69. The fourth-order valence-corrected chi connectivity index (χ4v) is 3.98. The molecule has 8 nitrogen and oxygen atoms in total. The van der Waals surface area contributed by atoms with Crippen LogP contribution in [0.2, 0.25) is 0 Å². The average Bonchev–Trinajstić information content (AvgIpc) is 3.42. The van der Waals surface area contributed by atoms with E-state index in [9.17, 15) is 5.26 Å². The number of benzene rings is 1. The quantitative estimate of drug-likeness (QED) is 0.553. The van der Waals surface area contributed by atoms with Gasteiger partial charge in [0.2, 0.25) is 0 Å². The summed E-state index contributed by atoms with van der Waals surface area (Å²) >= 11 is 0. The third kappa shape index (κ3) is 2.51. The fraction of sp³-hybridized carbons (Fsp3) is 0.368. The van der Waals surface area contributed by atoms with E-state index in [1.165, 1.54) is 12.8 Å². The Morgan fingerprint density at radius 3 is 2.81 bits per heavy atom. The number of nitriles is 1. The van der Waals surface area contributed by atoms with E-state index in [0.29, 0.717) is 12.1 Å². The predicted octanol–water partition coefficient (Wildman–Crippen LogP) is 1.83. The molecule has 2 aliphatic heterocycles. The summed E-state index contributed by atoms with van der Waals surface area (Å²) < 4.78 is 9.28. The first-order chi connectivity index (χ1) is 13.3. The Bertz CT molecular complexity index is 1050. The minimum Gasteiger partial charge on any atom is -0.497 e. The molecule has 27 heavy (non-hydrogen) atoms. The molecule has 0 N–H and O–H groups in total. The van der Waals surface area contributed by atoms with Crippen LogP contribution < -0.4 is 4.74 Å². The van der Waals surface area contributed by atoms with E-state index >= 15 is 0 Å². The van der Waals surface area contributed by atoms with Gasteiger partial charge >= 0.3 is 0 Å². The second kappa shape index (κ2) is 6.21. The first kappa shape index (κ1) is 16.0. The van der Waals surface area contributed by atoms with Gasteiger partial charge in [0, 0.05) is 19.0 Å². The van der Waals surface area contributed by atoms with Crippen molar-refractivity contribution in [2.45, 2.75) is 25.8 Å². The number of likely N-dealkylation sites (tertiary alicyclic amines) is 1. The number of methoxy groups -OCH3 is 1. The van der Waals surface area contributed by atoms with Crippen molar-refractivity contribution in [1.82, 2.24) is 29.4 Å². The van der Waals surface area contributed by atoms with E-state index in [2.05, 4.69) is 26.3 Å². The minimum atomic E-state index is 0.443.